The van der Waals surface area contributed by atoms with Crippen LogP contribution in [0.4, 0.5) is 0 Å². The summed E-state index contributed by atoms with van der Waals surface area (Å²) in [4.78, 5) is 30.7. The first-order chi connectivity index (χ1) is 14.5. The van der Waals surface area contributed by atoms with Crippen LogP contribution in [0.5, 0.6) is 11.5 Å². The second-order valence-electron chi connectivity index (χ2n) is 7.46. The number of benzene rings is 2. The van der Waals surface area contributed by atoms with Gasteiger partial charge in [-0.05, 0) is 36.2 Å². The van der Waals surface area contributed by atoms with E-state index >= 15 is 0 Å². The van der Waals surface area contributed by atoms with Gasteiger partial charge < -0.3 is 13.9 Å². The van der Waals surface area contributed by atoms with Crippen LogP contribution in [0.15, 0.2) is 53.1 Å². The Labute approximate surface area is 174 Å². The van der Waals surface area contributed by atoms with Crippen molar-refractivity contribution in [3.05, 3.63) is 65.5 Å². The molecule has 0 saturated carbocycles. The van der Waals surface area contributed by atoms with Crippen LogP contribution in [0.2, 0.25) is 0 Å². The molecule has 0 bridgehead atoms. The molecule has 7 heteroatoms. The summed E-state index contributed by atoms with van der Waals surface area (Å²) in [6.45, 7) is 4.73. The van der Waals surface area contributed by atoms with Crippen LogP contribution in [-0.4, -0.2) is 35.4 Å². The smallest absolute Gasteiger partial charge is 0.261 e. The second kappa shape index (κ2) is 8.02. The Balaban J connectivity index is 1.54. The van der Waals surface area contributed by atoms with E-state index in [9.17, 15) is 9.59 Å². The van der Waals surface area contributed by atoms with Crippen molar-refractivity contribution in [3.63, 3.8) is 0 Å². The summed E-state index contributed by atoms with van der Waals surface area (Å²) in [5.74, 6) is 1.31. The largest absolute Gasteiger partial charge is 0.493 e. The Kier molecular flexibility index (Phi) is 5.27. The minimum atomic E-state index is -0.325. The molecule has 0 fully saturated rings. The van der Waals surface area contributed by atoms with Crippen molar-refractivity contribution in [2.75, 3.05) is 13.7 Å². The summed E-state index contributed by atoms with van der Waals surface area (Å²) in [5.41, 5.74) is 2.02. The van der Waals surface area contributed by atoms with Crippen LogP contribution in [0.25, 0.3) is 11.5 Å². The summed E-state index contributed by atoms with van der Waals surface area (Å²) in [7, 11) is 1.59. The van der Waals surface area contributed by atoms with Gasteiger partial charge in [-0.25, -0.2) is 4.98 Å². The van der Waals surface area contributed by atoms with E-state index in [-0.39, 0.29) is 18.4 Å². The number of ether oxygens (including phenoxy) is 2. The number of carbonyl (C=O) groups excluding carboxylic acids is 2. The monoisotopic (exact) mass is 406 g/mol. The zero-order valence-electron chi connectivity index (χ0n) is 17.0. The standard InChI is InChI=1S/C23H22N2O5/c1-14(2)12-29-20-10-15(8-9-19(20)28-3)21-24-16(13-30-21)11-25-22(26)17-6-4-5-7-18(17)23(25)27/h4-10,13-14H,11-12H2,1-3H3. The highest BCUT2D eigenvalue weighted by Crippen LogP contribution is 2.33. The molecule has 0 radical (unpaired) electrons. The second-order valence-corrected chi connectivity index (χ2v) is 7.46. The summed E-state index contributed by atoms with van der Waals surface area (Å²) >= 11 is 0. The number of hydrogen-bond donors (Lipinski definition) is 0. The van der Waals surface area contributed by atoms with E-state index in [0.717, 1.165) is 0 Å². The fourth-order valence-electron chi connectivity index (χ4n) is 3.24. The maximum atomic E-state index is 12.5. The molecule has 7 nitrogen and oxygen atoms in total. The molecule has 0 N–H and O–H groups in total. The van der Waals surface area contributed by atoms with Crippen molar-refractivity contribution < 1.29 is 23.5 Å². The van der Waals surface area contributed by atoms with Gasteiger partial charge in [-0.2, -0.15) is 0 Å². The Bertz CT molecular complexity index is 1070. The maximum absolute atomic E-state index is 12.5. The zero-order chi connectivity index (χ0) is 21.3. The molecule has 1 aromatic heterocycles. The van der Waals surface area contributed by atoms with Gasteiger partial charge in [-0.3, -0.25) is 14.5 Å². The summed E-state index contributed by atoms with van der Waals surface area (Å²) in [6, 6.07) is 12.2. The third-order valence-corrected chi connectivity index (χ3v) is 4.73. The molecule has 0 unspecified atom stereocenters. The van der Waals surface area contributed by atoms with Gasteiger partial charge in [0.15, 0.2) is 11.5 Å². The van der Waals surface area contributed by atoms with Crippen LogP contribution >= 0.6 is 0 Å². The number of hydrogen-bond acceptors (Lipinski definition) is 6. The minimum Gasteiger partial charge on any atom is -0.493 e. The zero-order valence-corrected chi connectivity index (χ0v) is 17.0. The van der Waals surface area contributed by atoms with E-state index in [2.05, 4.69) is 18.8 Å². The van der Waals surface area contributed by atoms with Crippen molar-refractivity contribution in [1.29, 1.82) is 0 Å². The molecule has 0 spiro atoms. The summed E-state index contributed by atoms with van der Waals surface area (Å²) < 4.78 is 16.8. The predicted octanol–water partition coefficient (Wildman–Crippen LogP) is 4.18. The first-order valence-corrected chi connectivity index (χ1v) is 9.68. The Morgan fingerprint density at radius 3 is 2.37 bits per heavy atom. The van der Waals surface area contributed by atoms with E-state index < -0.39 is 0 Å². The lowest BCUT2D eigenvalue weighted by Gasteiger charge is -2.13. The van der Waals surface area contributed by atoms with Crippen LogP contribution in [0, 0.1) is 5.92 Å². The van der Waals surface area contributed by atoms with Crippen LogP contribution < -0.4 is 9.47 Å². The summed E-state index contributed by atoms with van der Waals surface area (Å²) in [6.07, 6.45) is 1.46. The van der Waals surface area contributed by atoms with Crippen molar-refractivity contribution in [2.45, 2.75) is 20.4 Å². The van der Waals surface area contributed by atoms with Gasteiger partial charge in [0.05, 0.1) is 37.1 Å². The highest BCUT2D eigenvalue weighted by molar-refractivity contribution is 6.21. The highest BCUT2D eigenvalue weighted by atomic mass is 16.5. The van der Waals surface area contributed by atoms with Gasteiger partial charge >= 0.3 is 0 Å². The predicted molar refractivity (Wildman–Crippen MR) is 109 cm³/mol. The molecule has 0 aliphatic carbocycles. The van der Waals surface area contributed by atoms with E-state index in [1.165, 1.54) is 11.2 Å². The van der Waals surface area contributed by atoms with E-state index in [1.54, 1.807) is 43.5 Å². The average Bonchev–Trinajstić information content (AvgIpc) is 3.31. The molecule has 3 aromatic rings. The van der Waals surface area contributed by atoms with E-state index in [0.29, 0.717) is 52.3 Å². The molecule has 30 heavy (non-hydrogen) atoms. The number of methoxy groups -OCH3 is 1. The molecule has 4 rings (SSSR count). The number of oxazole rings is 1. The average molecular weight is 406 g/mol. The third kappa shape index (κ3) is 3.66. The first kappa shape index (κ1) is 19.7. The number of carbonyl (C=O) groups is 2. The molecule has 154 valence electrons. The molecular formula is C23H22N2O5. The van der Waals surface area contributed by atoms with Gasteiger partial charge in [0.25, 0.3) is 11.8 Å². The maximum Gasteiger partial charge on any atom is 0.261 e. The number of fused-ring (bicyclic) bond motifs is 1. The van der Waals surface area contributed by atoms with Gasteiger partial charge in [-0.1, -0.05) is 26.0 Å². The lowest BCUT2D eigenvalue weighted by atomic mass is 10.1. The van der Waals surface area contributed by atoms with Crippen LogP contribution in [0.3, 0.4) is 0 Å². The quantitative estimate of drug-likeness (QED) is 0.548. The van der Waals surface area contributed by atoms with E-state index in [1.807, 2.05) is 6.07 Å². The molecule has 1 aliphatic heterocycles. The van der Waals surface area contributed by atoms with Gasteiger partial charge in [0.1, 0.15) is 6.26 Å². The lowest BCUT2D eigenvalue weighted by Crippen LogP contribution is -2.29. The molecular weight excluding hydrogens is 384 g/mol. The lowest BCUT2D eigenvalue weighted by molar-refractivity contribution is 0.0640. The van der Waals surface area contributed by atoms with Gasteiger partial charge in [0, 0.05) is 5.56 Å². The van der Waals surface area contributed by atoms with Crippen molar-refractivity contribution in [3.8, 4) is 23.0 Å². The highest BCUT2D eigenvalue weighted by Gasteiger charge is 2.35. The molecule has 2 aromatic carbocycles. The number of rotatable bonds is 7. The SMILES string of the molecule is COc1ccc(-c2nc(CN3C(=O)c4ccccc4C3=O)co2)cc1OCC(C)C. The normalized spacial score (nSPS) is 13.1. The first-order valence-electron chi connectivity index (χ1n) is 9.68. The number of imide groups is 1. The molecule has 0 atom stereocenters. The van der Waals surface area contributed by atoms with Gasteiger partial charge in [0.2, 0.25) is 5.89 Å². The molecule has 2 amide bonds. The topological polar surface area (TPSA) is 81.9 Å². The van der Waals surface area contributed by atoms with E-state index in [4.69, 9.17) is 13.9 Å². The van der Waals surface area contributed by atoms with Gasteiger partial charge in [-0.15, -0.1) is 0 Å². The molecule has 0 saturated heterocycles. The Morgan fingerprint density at radius 2 is 1.73 bits per heavy atom. The number of aromatic nitrogens is 1. The minimum absolute atomic E-state index is 0.0444. The Morgan fingerprint density at radius 1 is 1.03 bits per heavy atom. The molecule has 1 aliphatic rings. The molecule has 2 heterocycles. The van der Waals surface area contributed by atoms with Crippen molar-refractivity contribution >= 4 is 11.8 Å². The van der Waals surface area contributed by atoms with Crippen molar-refractivity contribution in [2.24, 2.45) is 5.92 Å². The number of nitrogens with zero attached hydrogens (tertiary/aromatic N) is 2. The Hall–Kier alpha value is -3.61. The van der Waals surface area contributed by atoms with Crippen LogP contribution in [-0.2, 0) is 6.54 Å². The van der Waals surface area contributed by atoms with Crippen molar-refractivity contribution in [1.82, 2.24) is 9.88 Å². The summed E-state index contributed by atoms with van der Waals surface area (Å²) in [5, 5.41) is 0. The fraction of sp³-hybridized carbons (Fsp3) is 0.261. The third-order valence-electron chi connectivity index (χ3n) is 4.73. The fourth-order valence-corrected chi connectivity index (χ4v) is 3.24. The van der Waals surface area contributed by atoms with Crippen LogP contribution in [0.1, 0.15) is 40.3 Å². The number of amides is 2.